The van der Waals surface area contributed by atoms with E-state index < -0.39 is 0 Å². The van der Waals surface area contributed by atoms with Gasteiger partial charge in [0.25, 0.3) is 0 Å². The molecule has 0 aromatic carbocycles. The van der Waals surface area contributed by atoms with Crippen molar-refractivity contribution in [2.75, 3.05) is 20.3 Å². The maximum absolute atomic E-state index is 12.9. The third-order valence-corrected chi connectivity index (χ3v) is 6.81. The SMILES string of the molecule is C=CCOC(=O)CCCCCCCC(C(=O)OCC=C)C1CC(C)(C)N(C)C(C)(C)C1. The van der Waals surface area contributed by atoms with E-state index in [-0.39, 0.29) is 42.1 Å². The molecule has 5 heteroatoms. The normalized spacial score (nSPS) is 19.4. The summed E-state index contributed by atoms with van der Waals surface area (Å²) in [4.78, 5) is 26.9. The predicted octanol–water partition coefficient (Wildman–Crippen LogP) is 5.69. The lowest BCUT2D eigenvalue weighted by atomic mass is 9.68. The minimum atomic E-state index is -0.155. The minimum Gasteiger partial charge on any atom is -0.461 e. The fraction of sp³-hybridized carbons (Fsp3) is 0.769. The van der Waals surface area contributed by atoms with E-state index in [1.54, 1.807) is 12.2 Å². The van der Waals surface area contributed by atoms with Gasteiger partial charge in [0.05, 0.1) is 5.92 Å². The molecule has 0 N–H and O–H groups in total. The van der Waals surface area contributed by atoms with Gasteiger partial charge in [-0.15, -0.1) is 0 Å². The van der Waals surface area contributed by atoms with Crippen LogP contribution in [-0.4, -0.2) is 48.2 Å². The molecule has 5 nitrogen and oxygen atoms in total. The maximum atomic E-state index is 12.9. The Labute approximate surface area is 190 Å². The molecule has 0 aromatic rings. The van der Waals surface area contributed by atoms with Gasteiger partial charge in [-0.3, -0.25) is 14.5 Å². The molecule has 0 saturated carbocycles. The molecule has 178 valence electrons. The second-order valence-electron chi connectivity index (χ2n) is 10.2. The molecular weight excluding hydrogens is 390 g/mol. The first-order valence-electron chi connectivity index (χ1n) is 11.8. The molecule has 0 spiro atoms. The van der Waals surface area contributed by atoms with Crippen LogP contribution in [0, 0.1) is 11.8 Å². The molecule has 1 saturated heterocycles. The summed E-state index contributed by atoms with van der Waals surface area (Å²) in [5.41, 5.74) is 0.0905. The number of piperidine rings is 1. The van der Waals surface area contributed by atoms with E-state index >= 15 is 0 Å². The van der Waals surface area contributed by atoms with Gasteiger partial charge in [0.2, 0.25) is 0 Å². The van der Waals surface area contributed by atoms with Crippen LogP contribution in [0.3, 0.4) is 0 Å². The summed E-state index contributed by atoms with van der Waals surface area (Å²) in [5, 5.41) is 0. The first-order chi connectivity index (χ1) is 14.5. The van der Waals surface area contributed by atoms with E-state index in [1.165, 1.54) is 0 Å². The summed E-state index contributed by atoms with van der Waals surface area (Å²) >= 11 is 0. The van der Waals surface area contributed by atoms with Crippen LogP contribution in [0.2, 0.25) is 0 Å². The molecule has 0 radical (unpaired) electrons. The second kappa shape index (κ2) is 13.0. The zero-order valence-corrected chi connectivity index (χ0v) is 20.6. The molecule has 1 heterocycles. The molecule has 1 atom stereocenters. The maximum Gasteiger partial charge on any atom is 0.309 e. The van der Waals surface area contributed by atoms with Crippen molar-refractivity contribution < 1.29 is 19.1 Å². The van der Waals surface area contributed by atoms with Crippen molar-refractivity contribution in [2.24, 2.45) is 11.8 Å². The molecular formula is C26H45NO4. The Morgan fingerprint density at radius 3 is 2.03 bits per heavy atom. The quantitative estimate of drug-likeness (QED) is 0.199. The van der Waals surface area contributed by atoms with E-state index in [9.17, 15) is 9.59 Å². The van der Waals surface area contributed by atoms with Crippen LogP contribution in [0.5, 0.6) is 0 Å². The van der Waals surface area contributed by atoms with Crippen molar-refractivity contribution in [3.63, 3.8) is 0 Å². The van der Waals surface area contributed by atoms with E-state index in [0.717, 1.165) is 51.4 Å². The summed E-state index contributed by atoms with van der Waals surface area (Å²) in [5.74, 6) is 0.0164. The van der Waals surface area contributed by atoms with Gasteiger partial charge in [-0.2, -0.15) is 0 Å². The topological polar surface area (TPSA) is 55.8 Å². The fourth-order valence-electron chi connectivity index (χ4n) is 4.92. The highest BCUT2D eigenvalue weighted by Crippen LogP contribution is 2.44. The summed E-state index contributed by atoms with van der Waals surface area (Å²) < 4.78 is 10.5. The Balaban J connectivity index is 2.56. The van der Waals surface area contributed by atoms with E-state index in [0.29, 0.717) is 12.3 Å². The lowest BCUT2D eigenvalue weighted by molar-refractivity contribution is -0.153. The Bertz CT molecular complexity index is 578. The van der Waals surface area contributed by atoms with Gasteiger partial charge >= 0.3 is 11.9 Å². The number of likely N-dealkylation sites (tertiary alicyclic amines) is 1. The van der Waals surface area contributed by atoms with Crippen molar-refractivity contribution in [1.82, 2.24) is 4.90 Å². The first-order valence-corrected chi connectivity index (χ1v) is 11.8. The molecule has 0 bridgehead atoms. The first kappa shape index (κ1) is 27.4. The van der Waals surface area contributed by atoms with E-state index in [1.807, 2.05) is 0 Å². The summed E-state index contributed by atoms with van der Waals surface area (Å²) in [6, 6.07) is 0. The Kier molecular flexibility index (Phi) is 11.5. The van der Waals surface area contributed by atoms with Crippen molar-refractivity contribution in [3.05, 3.63) is 25.3 Å². The molecule has 1 aliphatic rings. The smallest absolute Gasteiger partial charge is 0.309 e. The lowest BCUT2D eigenvalue weighted by Crippen LogP contribution is -2.59. The van der Waals surface area contributed by atoms with Gasteiger partial charge in [-0.25, -0.2) is 0 Å². The highest BCUT2D eigenvalue weighted by Gasteiger charge is 2.46. The predicted molar refractivity (Wildman–Crippen MR) is 127 cm³/mol. The number of nitrogens with zero attached hydrogens (tertiary/aromatic N) is 1. The molecule has 0 aliphatic carbocycles. The van der Waals surface area contributed by atoms with Crippen LogP contribution >= 0.6 is 0 Å². The standard InChI is InChI=1S/C26H45NO4/c1-8-17-30-23(28)16-14-12-10-11-13-15-22(24(29)31-18-9-2)21-19-25(3,4)27(7)26(5,6)20-21/h8-9,21-22H,1-2,10-20H2,3-7H3. The third kappa shape index (κ3) is 9.18. The number of unbranched alkanes of at least 4 members (excludes halogenated alkanes) is 4. The lowest BCUT2D eigenvalue weighted by Gasteiger charge is -2.54. The van der Waals surface area contributed by atoms with Crippen LogP contribution in [0.25, 0.3) is 0 Å². The average Bonchev–Trinajstić information content (AvgIpc) is 2.70. The van der Waals surface area contributed by atoms with E-state index in [2.05, 4.69) is 52.8 Å². The number of ether oxygens (including phenoxy) is 2. The molecule has 1 unspecified atom stereocenters. The number of hydrogen-bond donors (Lipinski definition) is 0. The van der Waals surface area contributed by atoms with Gasteiger partial charge < -0.3 is 9.47 Å². The zero-order chi connectivity index (χ0) is 23.5. The number of carbonyl (C=O) groups is 2. The number of rotatable bonds is 14. The van der Waals surface area contributed by atoms with Crippen LogP contribution in [0.15, 0.2) is 25.3 Å². The molecule has 1 rings (SSSR count). The van der Waals surface area contributed by atoms with Crippen molar-refractivity contribution in [1.29, 1.82) is 0 Å². The van der Waals surface area contributed by atoms with Gasteiger partial charge in [0, 0.05) is 17.5 Å². The largest absolute Gasteiger partial charge is 0.461 e. The van der Waals surface area contributed by atoms with Crippen LogP contribution < -0.4 is 0 Å². The molecule has 0 amide bonds. The molecule has 1 aliphatic heterocycles. The fourth-order valence-corrected chi connectivity index (χ4v) is 4.92. The van der Waals surface area contributed by atoms with Crippen molar-refractivity contribution >= 4 is 11.9 Å². The Morgan fingerprint density at radius 1 is 0.935 bits per heavy atom. The van der Waals surface area contributed by atoms with Gasteiger partial charge in [-0.05, 0) is 66.3 Å². The second-order valence-corrected chi connectivity index (χ2v) is 10.2. The van der Waals surface area contributed by atoms with E-state index in [4.69, 9.17) is 9.47 Å². The third-order valence-electron chi connectivity index (χ3n) is 6.81. The number of esters is 2. The minimum absolute atomic E-state index is 0.0452. The number of carbonyl (C=O) groups excluding carboxylic acids is 2. The monoisotopic (exact) mass is 435 g/mol. The molecule has 0 aromatic heterocycles. The van der Waals surface area contributed by atoms with Crippen LogP contribution in [0.1, 0.15) is 85.5 Å². The molecule has 1 fully saturated rings. The van der Waals surface area contributed by atoms with Crippen molar-refractivity contribution in [3.8, 4) is 0 Å². The zero-order valence-electron chi connectivity index (χ0n) is 20.6. The Morgan fingerprint density at radius 2 is 1.45 bits per heavy atom. The highest BCUT2D eigenvalue weighted by atomic mass is 16.5. The number of hydrogen-bond acceptors (Lipinski definition) is 5. The van der Waals surface area contributed by atoms with Crippen molar-refractivity contribution in [2.45, 2.75) is 96.6 Å². The Hall–Kier alpha value is -1.62. The van der Waals surface area contributed by atoms with Crippen LogP contribution in [-0.2, 0) is 19.1 Å². The highest BCUT2D eigenvalue weighted by molar-refractivity contribution is 5.73. The average molecular weight is 436 g/mol. The van der Waals surface area contributed by atoms with Gasteiger partial charge in [0.1, 0.15) is 13.2 Å². The summed E-state index contributed by atoms with van der Waals surface area (Å²) in [6.07, 6.45) is 11.5. The molecule has 31 heavy (non-hydrogen) atoms. The summed E-state index contributed by atoms with van der Waals surface area (Å²) in [6.45, 7) is 16.9. The van der Waals surface area contributed by atoms with Gasteiger partial charge in [0.15, 0.2) is 0 Å². The van der Waals surface area contributed by atoms with Gasteiger partial charge in [-0.1, -0.05) is 51.0 Å². The summed E-state index contributed by atoms with van der Waals surface area (Å²) in [7, 11) is 2.19. The van der Waals surface area contributed by atoms with Crippen LogP contribution in [0.4, 0.5) is 0 Å².